The molecule has 6 nitrogen and oxygen atoms in total. The molecule has 18 heavy (non-hydrogen) atoms. The Morgan fingerprint density at radius 2 is 2.33 bits per heavy atom. The van der Waals surface area contributed by atoms with Crippen LogP contribution in [0.2, 0.25) is 0 Å². The van der Waals surface area contributed by atoms with Gasteiger partial charge in [-0.05, 0) is 19.1 Å². The van der Waals surface area contributed by atoms with Gasteiger partial charge in [0.05, 0.1) is 18.6 Å². The van der Waals surface area contributed by atoms with Gasteiger partial charge in [0.1, 0.15) is 11.5 Å². The second-order valence-corrected chi connectivity index (χ2v) is 3.70. The third-order valence-electron chi connectivity index (χ3n) is 2.33. The van der Waals surface area contributed by atoms with Crippen LogP contribution < -0.4 is 10.6 Å². The van der Waals surface area contributed by atoms with Gasteiger partial charge in [0.15, 0.2) is 0 Å². The molecule has 6 heteroatoms. The number of anilines is 1. The van der Waals surface area contributed by atoms with E-state index in [9.17, 15) is 4.79 Å². The van der Waals surface area contributed by atoms with Crippen LogP contribution in [0.5, 0.6) is 0 Å². The van der Waals surface area contributed by atoms with E-state index in [1.165, 1.54) is 0 Å². The van der Waals surface area contributed by atoms with Crippen molar-refractivity contribution in [2.24, 2.45) is 0 Å². The van der Waals surface area contributed by atoms with Crippen molar-refractivity contribution in [1.82, 2.24) is 20.3 Å². The minimum atomic E-state index is -0.204. The Morgan fingerprint density at radius 1 is 1.44 bits per heavy atom. The first-order valence-electron chi connectivity index (χ1n) is 5.76. The van der Waals surface area contributed by atoms with Crippen molar-refractivity contribution in [3.8, 4) is 0 Å². The quantitative estimate of drug-likeness (QED) is 0.738. The van der Waals surface area contributed by atoms with E-state index in [1.807, 2.05) is 13.0 Å². The van der Waals surface area contributed by atoms with Gasteiger partial charge in [-0.15, -0.1) is 0 Å². The molecular formula is C12H15N5O. The Hall–Kier alpha value is -2.37. The first-order chi connectivity index (χ1) is 8.79. The van der Waals surface area contributed by atoms with Crippen molar-refractivity contribution in [3.63, 3.8) is 0 Å². The zero-order chi connectivity index (χ0) is 12.8. The number of nitrogens with zero attached hydrogens (tertiary/aromatic N) is 2. The van der Waals surface area contributed by atoms with Gasteiger partial charge in [-0.2, -0.15) is 0 Å². The van der Waals surface area contributed by atoms with E-state index >= 15 is 0 Å². The van der Waals surface area contributed by atoms with Gasteiger partial charge in [0, 0.05) is 12.7 Å². The Bertz CT molecular complexity index is 509. The number of aromatic nitrogens is 3. The lowest BCUT2D eigenvalue weighted by Gasteiger charge is -2.06. The second kappa shape index (κ2) is 5.81. The second-order valence-electron chi connectivity index (χ2n) is 3.70. The molecule has 2 rings (SSSR count). The molecule has 0 unspecified atom stereocenters. The summed E-state index contributed by atoms with van der Waals surface area (Å²) in [6.07, 6.45) is 3.24. The SMILES string of the molecule is CCNc1cccc(C(=O)NCc2cnc[nH]2)n1. The molecule has 0 aliphatic carbocycles. The Kier molecular flexibility index (Phi) is 3.90. The molecule has 1 amide bonds. The number of rotatable bonds is 5. The van der Waals surface area contributed by atoms with Gasteiger partial charge in [-0.3, -0.25) is 4.79 Å². The smallest absolute Gasteiger partial charge is 0.270 e. The fourth-order valence-electron chi connectivity index (χ4n) is 1.49. The molecule has 0 saturated heterocycles. The molecule has 3 N–H and O–H groups in total. The lowest BCUT2D eigenvalue weighted by atomic mass is 10.3. The summed E-state index contributed by atoms with van der Waals surface area (Å²) in [6.45, 7) is 3.16. The van der Waals surface area contributed by atoms with E-state index in [1.54, 1.807) is 24.7 Å². The molecule has 0 fully saturated rings. The molecule has 0 atom stereocenters. The standard InChI is InChI=1S/C12H15N5O/c1-2-14-11-5-3-4-10(17-11)12(18)15-7-9-6-13-8-16-9/h3-6,8H,2,7H2,1H3,(H,13,16)(H,14,17)(H,15,18). The van der Waals surface area contributed by atoms with Crippen molar-refractivity contribution in [3.05, 3.63) is 42.1 Å². The fourth-order valence-corrected chi connectivity index (χ4v) is 1.49. The predicted octanol–water partition coefficient (Wildman–Crippen LogP) is 1.17. The van der Waals surface area contributed by atoms with Crippen LogP contribution in [-0.4, -0.2) is 27.4 Å². The summed E-state index contributed by atoms with van der Waals surface area (Å²) < 4.78 is 0. The minimum Gasteiger partial charge on any atom is -0.370 e. The Labute approximate surface area is 105 Å². The van der Waals surface area contributed by atoms with Gasteiger partial charge in [0.25, 0.3) is 5.91 Å². The van der Waals surface area contributed by atoms with Crippen LogP contribution in [0, 0.1) is 0 Å². The highest BCUT2D eigenvalue weighted by Gasteiger charge is 2.07. The molecule has 0 aliphatic rings. The van der Waals surface area contributed by atoms with Crippen LogP contribution in [-0.2, 0) is 6.54 Å². The number of aromatic amines is 1. The molecular weight excluding hydrogens is 230 g/mol. The zero-order valence-corrected chi connectivity index (χ0v) is 10.1. The van der Waals surface area contributed by atoms with E-state index < -0.39 is 0 Å². The summed E-state index contributed by atoms with van der Waals surface area (Å²) >= 11 is 0. The van der Waals surface area contributed by atoms with Gasteiger partial charge in [-0.1, -0.05) is 6.07 Å². The number of hydrogen-bond donors (Lipinski definition) is 3. The van der Waals surface area contributed by atoms with Gasteiger partial charge in [0.2, 0.25) is 0 Å². The van der Waals surface area contributed by atoms with E-state index in [0.717, 1.165) is 12.2 Å². The first kappa shape index (κ1) is 12.1. The highest BCUT2D eigenvalue weighted by atomic mass is 16.1. The van der Waals surface area contributed by atoms with Gasteiger partial charge < -0.3 is 15.6 Å². The molecule has 0 saturated carbocycles. The van der Waals surface area contributed by atoms with Crippen LogP contribution in [0.1, 0.15) is 23.1 Å². The maximum Gasteiger partial charge on any atom is 0.270 e. The number of H-pyrrole nitrogens is 1. The van der Waals surface area contributed by atoms with Crippen LogP contribution in [0.4, 0.5) is 5.82 Å². The summed E-state index contributed by atoms with van der Waals surface area (Å²) in [6, 6.07) is 5.31. The highest BCUT2D eigenvalue weighted by molar-refractivity contribution is 5.92. The average molecular weight is 245 g/mol. The molecule has 2 heterocycles. The zero-order valence-electron chi connectivity index (χ0n) is 10.1. The number of pyridine rings is 1. The molecule has 94 valence electrons. The topological polar surface area (TPSA) is 82.7 Å². The van der Waals surface area contributed by atoms with Gasteiger partial charge in [-0.25, -0.2) is 9.97 Å². The number of carbonyl (C=O) groups excluding carboxylic acids is 1. The largest absolute Gasteiger partial charge is 0.370 e. The van der Waals surface area contributed by atoms with Crippen LogP contribution >= 0.6 is 0 Å². The van der Waals surface area contributed by atoms with E-state index in [0.29, 0.717) is 18.1 Å². The van der Waals surface area contributed by atoms with E-state index in [4.69, 9.17) is 0 Å². The lowest BCUT2D eigenvalue weighted by molar-refractivity contribution is 0.0945. The maximum absolute atomic E-state index is 11.9. The molecule has 0 aliphatic heterocycles. The van der Waals surface area contributed by atoms with Crippen LogP contribution in [0.15, 0.2) is 30.7 Å². The third-order valence-corrected chi connectivity index (χ3v) is 2.33. The van der Waals surface area contributed by atoms with Crippen molar-refractivity contribution < 1.29 is 4.79 Å². The molecule has 0 aromatic carbocycles. The average Bonchev–Trinajstić information content (AvgIpc) is 2.90. The summed E-state index contributed by atoms with van der Waals surface area (Å²) in [5.74, 6) is 0.496. The molecule has 2 aromatic rings. The number of hydrogen-bond acceptors (Lipinski definition) is 4. The van der Waals surface area contributed by atoms with Crippen molar-refractivity contribution in [2.75, 3.05) is 11.9 Å². The first-order valence-corrected chi connectivity index (χ1v) is 5.76. The number of amides is 1. The predicted molar refractivity (Wildman–Crippen MR) is 68.2 cm³/mol. The molecule has 0 radical (unpaired) electrons. The lowest BCUT2D eigenvalue weighted by Crippen LogP contribution is -2.24. The molecule has 2 aromatic heterocycles. The van der Waals surface area contributed by atoms with Gasteiger partial charge >= 0.3 is 0 Å². The minimum absolute atomic E-state index is 0.204. The number of imidazole rings is 1. The highest BCUT2D eigenvalue weighted by Crippen LogP contribution is 2.04. The number of carbonyl (C=O) groups is 1. The van der Waals surface area contributed by atoms with Crippen molar-refractivity contribution in [1.29, 1.82) is 0 Å². The monoisotopic (exact) mass is 245 g/mol. The Morgan fingerprint density at radius 3 is 3.06 bits per heavy atom. The molecule has 0 bridgehead atoms. The summed E-state index contributed by atoms with van der Waals surface area (Å²) in [5.41, 5.74) is 1.25. The van der Waals surface area contributed by atoms with Crippen molar-refractivity contribution >= 4 is 11.7 Å². The number of nitrogens with one attached hydrogen (secondary N) is 3. The normalized spacial score (nSPS) is 10.1. The summed E-state index contributed by atoms with van der Waals surface area (Å²) in [5, 5.41) is 5.84. The van der Waals surface area contributed by atoms with Crippen LogP contribution in [0.3, 0.4) is 0 Å². The van der Waals surface area contributed by atoms with Crippen LogP contribution in [0.25, 0.3) is 0 Å². The van der Waals surface area contributed by atoms with E-state index in [-0.39, 0.29) is 5.91 Å². The summed E-state index contributed by atoms with van der Waals surface area (Å²) in [4.78, 5) is 22.9. The fraction of sp³-hybridized carbons (Fsp3) is 0.250. The molecule has 0 spiro atoms. The Balaban J connectivity index is 1.97. The van der Waals surface area contributed by atoms with E-state index in [2.05, 4.69) is 25.6 Å². The van der Waals surface area contributed by atoms with Crippen molar-refractivity contribution in [2.45, 2.75) is 13.5 Å². The summed E-state index contributed by atoms with van der Waals surface area (Å²) in [7, 11) is 0. The maximum atomic E-state index is 11.9. The third kappa shape index (κ3) is 3.07.